The van der Waals surface area contributed by atoms with E-state index in [0.717, 1.165) is 3.57 Å². The Kier molecular flexibility index (Phi) is 2.86. The second kappa shape index (κ2) is 3.70. The molecule has 1 heterocycles. The van der Waals surface area contributed by atoms with E-state index in [4.69, 9.17) is 5.73 Å². The molecule has 0 saturated carbocycles. The predicted molar refractivity (Wildman–Crippen MR) is 48.8 cm³/mol. The van der Waals surface area contributed by atoms with Gasteiger partial charge >= 0.3 is 0 Å². The Morgan fingerprint density at radius 1 is 1.82 bits per heavy atom. The van der Waals surface area contributed by atoms with Crippen LogP contribution in [-0.2, 0) is 11.3 Å². The van der Waals surface area contributed by atoms with E-state index in [-0.39, 0.29) is 5.91 Å². The summed E-state index contributed by atoms with van der Waals surface area (Å²) in [6, 6.07) is 0. The third kappa shape index (κ3) is 2.87. The average Bonchev–Trinajstić information content (AvgIpc) is 2.31. The van der Waals surface area contributed by atoms with Gasteiger partial charge in [-0.3, -0.25) is 9.48 Å². The number of nitrogens with two attached hydrogens (primary N) is 1. The molecule has 11 heavy (non-hydrogen) atoms. The standard InChI is InChI=1S/C6H8IN3O/c7-5-3-9-10(4-5)2-1-6(8)11/h3-4H,1-2H2,(H2,8,11). The largest absolute Gasteiger partial charge is 0.370 e. The van der Waals surface area contributed by atoms with Crippen molar-refractivity contribution in [2.45, 2.75) is 13.0 Å². The molecule has 0 fully saturated rings. The van der Waals surface area contributed by atoms with Gasteiger partial charge in [0.2, 0.25) is 5.91 Å². The Morgan fingerprint density at radius 2 is 2.55 bits per heavy atom. The average molecular weight is 265 g/mol. The van der Waals surface area contributed by atoms with E-state index in [1.54, 1.807) is 10.9 Å². The van der Waals surface area contributed by atoms with Gasteiger partial charge in [0.05, 0.1) is 9.77 Å². The Labute approximate surface area is 77.9 Å². The molecule has 5 heteroatoms. The summed E-state index contributed by atoms with van der Waals surface area (Å²) in [4.78, 5) is 10.4. The molecule has 0 saturated heterocycles. The number of halogens is 1. The van der Waals surface area contributed by atoms with Gasteiger partial charge in [-0.25, -0.2) is 0 Å². The molecule has 0 aliphatic rings. The Balaban J connectivity index is 2.45. The maximum absolute atomic E-state index is 10.4. The van der Waals surface area contributed by atoms with Crippen molar-refractivity contribution >= 4 is 28.5 Å². The van der Waals surface area contributed by atoms with Gasteiger partial charge in [0, 0.05) is 19.2 Å². The number of carbonyl (C=O) groups excluding carboxylic acids is 1. The van der Waals surface area contributed by atoms with Gasteiger partial charge in [-0.05, 0) is 22.6 Å². The number of hydrogen-bond acceptors (Lipinski definition) is 2. The van der Waals surface area contributed by atoms with E-state index >= 15 is 0 Å². The fourth-order valence-corrected chi connectivity index (χ4v) is 1.13. The van der Waals surface area contributed by atoms with Crippen molar-refractivity contribution in [3.05, 3.63) is 16.0 Å². The van der Waals surface area contributed by atoms with E-state index in [1.165, 1.54) is 0 Å². The Hall–Kier alpha value is -0.590. The fraction of sp³-hybridized carbons (Fsp3) is 0.333. The maximum Gasteiger partial charge on any atom is 0.219 e. The highest BCUT2D eigenvalue weighted by Crippen LogP contribution is 2.01. The van der Waals surface area contributed by atoms with Crippen molar-refractivity contribution in [2.75, 3.05) is 0 Å². The summed E-state index contributed by atoms with van der Waals surface area (Å²) in [7, 11) is 0. The molecule has 4 nitrogen and oxygen atoms in total. The minimum atomic E-state index is -0.296. The quantitative estimate of drug-likeness (QED) is 0.802. The molecule has 1 aromatic rings. The molecule has 60 valence electrons. The molecule has 1 amide bonds. The van der Waals surface area contributed by atoms with Gasteiger partial charge < -0.3 is 5.73 Å². The maximum atomic E-state index is 10.4. The number of amides is 1. The first-order valence-electron chi connectivity index (χ1n) is 3.15. The molecule has 0 aliphatic heterocycles. The topological polar surface area (TPSA) is 60.9 Å². The molecule has 0 bridgehead atoms. The van der Waals surface area contributed by atoms with Crippen LogP contribution in [0.15, 0.2) is 12.4 Å². The third-order valence-corrected chi connectivity index (χ3v) is 1.75. The van der Waals surface area contributed by atoms with Gasteiger partial charge in [0.15, 0.2) is 0 Å². The van der Waals surface area contributed by atoms with Gasteiger partial charge in [0.1, 0.15) is 0 Å². The molecule has 1 rings (SSSR count). The minimum Gasteiger partial charge on any atom is -0.370 e. The lowest BCUT2D eigenvalue weighted by atomic mass is 10.4. The molecule has 0 radical (unpaired) electrons. The van der Waals surface area contributed by atoms with Crippen molar-refractivity contribution in [1.82, 2.24) is 9.78 Å². The number of hydrogen-bond donors (Lipinski definition) is 1. The van der Waals surface area contributed by atoms with Crippen LogP contribution in [0.4, 0.5) is 0 Å². The number of carbonyl (C=O) groups is 1. The summed E-state index contributed by atoms with van der Waals surface area (Å²) in [6.07, 6.45) is 3.95. The summed E-state index contributed by atoms with van der Waals surface area (Å²) in [5, 5.41) is 3.99. The first kappa shape index (κ1) is 8.51. The Morgan fingerprint density at radius 3 is 3.00 bits per heavy atom. The Bertz CT molecular complexity index is 258. The molecular formula is C6H8IN3O. The highest BCUT2D eigenvalue weighted by Gasteiger charge is 1.97. The van der Waals surface area contributed by atoms with Crippen LogP contribution in [0, 0.1) is 3.57 Å². The highest BCUT2D eigenvalue weighted by molar-refractivity contribution is 14.1. The number of primary amides is 1. The number of aromatic nitrogens is 2. The number of nitrogens with zero attached hydrogens (tertiary/aromatic N) is 2. The molecule has 1 aromatic heterocycles. The zero-order valence-corrected chi connectivity index (χ0v) is 7.98. The number of aryl methyl sites for hydroxylation is 1. The lowest BCUT2D eigenvalue weighted by molar-refractivity contribution is -0.118. The first-order valence-corrected chi connectivity index (χ1v) is 4.22. The van der Waals surface area contributed by atoms with Gasteiger partial charge in [-0.15, -0.1) is 0 Å². The van der Waals surface area contributed by atoms with Crippen LogP contribution in [0.5, 0.6) is 0 Å². The fourth-order valence-electron chi connectivity index (χ4n) is 0.685. The van der Waals surface area contributed by atoms with Crippen molar-refractivity contribution in [1.29, 1.82) is 0 Å². The summed E-state index contributed by atoms with van der Waals surface area (Å²) >= 11 is 2.16. The first-order chi connectivity index (χ1) is 5.18. The lowest BCUT2D eigenvalue weighted by Crippen LogP contribution is -2.13. The van der Waals surface area contributed by atoms with Crippen molar-refractivity contribution in [2.24, 2.45) is 5.73 Å². The minimum absolute atomic E-state index is 0.296. The lowest BCUT2D eigenvalue weighted by Gasteiger charge is -1.95. The SMILES string of the molecule is NC(=O)CCn1cc(I)cn1. The van der Waals surface area contributed by atoms with Gasteiger partial charge in [-0.1, -0.05) is 0 Å². The summed E-state index contributed by atoms with van der Waals surface area (Å²) in [6.45, 7) is 0.568. The second-order valence-electron chi connectivity index (χ2n) is 2.14. The number of rotatable bonds is 3. The highest BCUT2D eigenvalue weighted by atomic mass is 127. The van der Waals surface area contributed by atoms with Crippen molar-refractivity contribution in [3.63, 3.8) is 0 Å². The normalized spacial score (nSPS) is 9.91. The van der Waals surface area contributed by atoms with E-state index in [0.29, 0.717) is 13.0 Å². The summed E-state index contributed by atoms with van der Waals surface area (Å²) < 4.78 is 2.76. The molecule has 0 spiro atoms. The molecule has 0 atom stereocenters. The van der Waals surface area contributed by atoms with Gasteiger partial charge in [-0.2, -0.15) is 5.10 Å². The van der Waals surface area contributed by atoms with Crippen LogP contribution >= 0.6 is 22.6 Å². The molecular weight excluding hydrogens is 257 g/mol. The van der Waals surface area contributed by atoms with Crippen LogP contribution in [0.25, 0.3) is 0 Å². The van der Waals surface area contributed by atoms with Crippen LogP contribution in [0.1, 0.15) is 6.42 Å². The molecule has 0 aliphatic carbocycles. The molecule has 0 unspecified atom stereocenters. The van der Waals surface area contributed by atoms with Crippen LogP contribution < -0.4 is 5.73 Å². The second-order valence-corrected chi connectivity index (χ2v) is 3.38. The zero-order chi connectivity index (χ0) is 8.27. The summed E-state index contributed by atoms with van der Waals surface area (Å²) in [5.41, 5.74) is 4.97. The summed E-state index contributed by atoms with van der Waals surface area (Å²) in [5.74, 6) is -0.296. The van der Waals surface area contributed by atoms with E-state index in [9.17, 15) is 4.79 Å². The van der Waals surface area contributed by atoms with E-state index < -0.39 is 0 Å². The monoisotopic (exact) mass is 265 g/mol. The van der Waals surface area contributed by atoms with E-state index in [1.807, 2.05) is 6.20 Å². The van der Waals surface area contributed by atoms with Crippen molar-refractivity contribution in [3.8, 4) is 0 Å². The molecule has 2 N–H and O–H groups in total. The third-order valence-electron chi connectivity index (χ3n) is 1.19. The van der Waals surface area contributed by atoms with Crippen molar-refractivity contribution < 1.29 is 4.79 Å². The van der Waals surface area contributed by atoms with E-state index in [2.05, 4.69) is 27.7 Å². The van der Waals surface area contributed by atoms with Gasteiger partial charge in [0.25, 0.3) is 0 Å². The van der Waals surface area contributed by atoms with Crippen LogP contribution in [0.3, 0.4) is 0 Å². The van der Waals surface area contributed by atoms with Crippen LogP contribution in [-0.4, -0.2) is 15.7 Å². The zero-order valence-electron chi connectivity index (χ0n) is 5.83. The molecule has 0 aromatic carbocycles. The predicted octanol–water partition coefficient (Wildman–Crippen LogP) is 0.363. The smallest absolute Gasteiger partial charge is 0.219 e. The van der Waals surface area contributed by atoms with Crippen LogP contribution in [0.2, 0.25) is 0 Å².